The maximum atomic E-state index is 13.3. The zero-order valence-corrected chi connectivity index (χ0v) is 19.2. The number of nitrogens with one attached hydrogen (secondary N) is 2. The smallest absolute Gasteiger partial charge is 0.258 e. The van der Waals surface area contributed by atoms with Crippen LogP contribution in [0.3, 0.4) is 0 Å². The molecule has 2 unspecified atom stereocenters. The van der Waals surface area contributed by atoms with Crippen molar-refractivity contribution in [3.05, 3.63) is 53.1 Å². The number of rotatable bonds is 7. The first-order chi connectivity index (χ1) is 15.8. The minimum absolute atomic E-state index is 0.0362. The third-order valence-corrected chi connectivity index (χ3v) is 5.63. The van der Waals surface area contributed by atoms with Crippen molar-refractivity contribution >= 4 is 29.4 Å². The van der Waals surface area contributed by atoms with Crippen LogP contribution in [0, 0.1) is 5.92 Å². The largest absolute Gasteiger partial charge is 0.496 e. The number of ether oxygens (including phenoxy) is 1. The van der Waals surface area contributed by atoms with Crippen LogP contribution < -0.4 is 21.2 Å². The van der Waals surface area contributed by atoms with Gasteiger partial charge in [-0.1, -0.05) is 25.4 Å². The number of methoxy groups -OCH3 is 1. The molecule has 1 aromatic carbocycles. The molecule has 174 valence electrons. The molecule has 1 amide bonds. The van der Waals surface area contributed by atoms with E-state index in [1.165, 1.54) is 0 Å². The first kappa shape index (κ1) is 23.0. The number of hydrazine groups is 1. The van der Waals surface area contributed by atoms with E-state index in [0.29, 0.717) is 33.5 Å². The number of halogens is 1. The molecular weight excluding hydrogens is 446 g/mol. The van der Waals surface area contributed by atoms with Crippen LogP contribution in [0.25, 0.3) is 11.3 Å². The van der Waals surface area contributed by atoms with Crippen molar-refractivity contribution in [3.8, 4) is 17.0 Å². The summed E-state index contributed by atoms with van der Waals surface area (Å²) < 4.78 is 7.08. The number of aliphatic hydroxyl groups excluding tert-OH is 1. The molecule has 2 atom stereocenters. The number of nitrogens with zero attached hydrogens (tertiary/aromatic N) is 4. The summed E-state index contributed by atoms with van der Waals surface area (Å²) in [7, 11) is 1.55. The summed E-state index contributed by atoms with van der Waals surface area (Å²) in [6, 6.07) is 5.15. The van der Waals surface area contributed by atoms with Crippen molar-refractivity contribution in [2.24, 2.45) is 16.6 Å². The lowest BCUT2D eigenvalue weighted by molar-refractivity contribution is -0.113. The average Bonchev–Trinajstić information content (AvgIpc) is 3.32. The molecule has 5 N–H and O–H groups in total. The molecular formula is C22H26ClN7O3. The Morgan fingerprint density at radius 3 is 2.94 bits per heavy atom. The van der Waals surface area contributed by atoms with E-state index in [9.17, 15) is 9.90 Å². The standard InChI is InChI=1S/C22H26ClN7O3/c1-12(2)16(31)11-29-10-15(19(27-29)14-9-13(23)5-6-17(14)33-3)26-22(32)18-20(24)28-30-8-4-7-25-21(18)30/h4-10,12,16,20,28,31H,11,24H2,1-3H3,(H,26,32). The summed E-state index contributed by atoms with van der Waals surface area (Å²) >= 11 is 6.24. The van der Waals surface area contributed by atoms with Crippen molar-refractivity contribution in [3.63, 3.8) is 0 Å². The van der Waals surface area contributed by atoms with Gasteiger partial charge in [0.25, 0.3) is 5.91 Å². The molecule has 2 aliphatic heterocycles. The highest BCUT2D eigenvalue weighted by molar-refractivity contribution is 6.31. The first-order valence-electron chi connectivity index (χ1n) is 10.4. The minimum Gasteiger partial charge on any atom is -0.496 e. The topological polar surface area (TPSA) is 130 Å². The van der Waals surface area contributed by atoms with Crippen LogP contribution in [0.2, 0.25) is 5.02 Å². The Kier molecular flexibility index (Phi) is 6.52. The summed E-state index contributed by atoms with van der Waals surface area (Å²) in [5, 5.41) is 20.0. The van der Waals surface area contributed by atoms with E-state index in [-0.39, 0.29) is 18.0 Å². The number of nitrogens with two attached hydrogens (primary N) is 1. The van der Waals surface area contributed by atoms with Gasteiger partial charge in [0, 0.05) is 29.2 Å². The van der Waals surface area contributed by atoms with Crippen molar-refractivity contribution in [1.29, 1.82) is 0 Å². The fraction of sp³-hybridized carbons (Fsp3) is 0.318. The zero-order chi connectivity index (χ0) is 23.7. The Bertz CT molecular complexity index is 1150. The molecule has 3 heterocycles. The molecule has 0 saturated heterocycles. The Hall–Kier alpha value is -3.18. The number of amides is 1. The maximum absolute atomic E-state index is 13.3. The van der Waals surface area contributed by atoms with Gasteiger partial charge in [0.1, 0.15) is 17.6 Å². The Balaban J connectivity index is 1.73. The number of allylic oxidation sites excluding steroid dienone is 1. The van der Waals surface area contributed by atoms with Gasteiger partial charge in [-0.3, -0.25) is 14.5 Å². The molecule has 0 saturated carbocycles. The minimum atomic E-state index is -0.734. The zero-order valence-electron chi connectivity index (χ0n) is 18.5. The van der Waals surface area contributed by atoms with Gasteiger partial charge in [-0.15, -0.1) is 0 Å². The number of hydrogen-bond donors (Lipinski definition) is 4. The van der Waals surface area contributed by atoms with Gasteiger partial charge in [-0.25, -0.2) is 10.4 Å². The van der Waals surface area contributed by atoms with Crippen LogP contribution >= 0.6 is 11.6 Å². The fourth-order valence-electron chi connectivity index (χ4n) is 3.53. The molecule has 10 nitrogen and oxygen atoms in total. The van der Waals surface area contributed by atoms with Gasteiger partial charge in [0.2, 0.25) is 0 Å². The van der Waals surface area contributed by atoms with Crippen LogP contribution in [-0.2, 0) is 11.3 Å². The second-order valence-electron chi connectivity index (χ2n) is 8.06. The number of aliphatic hydroxyl groups is 1. The van der Waals surface area contributed by atoms with Gasteiger partial charge in [0.15, 0.2) is 5.82 Å². The number of carbonyl (C=O) groups is 1. The van der Waals surface area contributed by atoms with Crippen molar-refractivity contribution in [2.75, 3.05) is 12.4 Å². The normalized spacial score (nSPS) is 18.2. The van der Waals surface area contributed by atoms with Gasteiger partial charge >= 0.3 is 0 Å². The number of carbonyl (C=O) groups excluding carboxylic acids is 1. The van der Waals surface area contributed by atoms with Gasteiger partial charge < -0.3 is 20.9 Å². The molecule has 33 heavy (non-hydrogen) atoms. The third kappa shape index (κ3) is 4.64. The lowest BCUT2D eigenvalue weighted by Gasteiger charge is -2.16. The summed E-state index contributed by atoms with van der Waals surface area (Å²) in [4.78, 5) is 17.5. The highest BCUT2D eigenvalue weighted by Crippen LogP contribution is 2.36. The fourth-order valence-corrected chi connectivity index (χ4v) is 3.71. The summed E-state index contributed by atoms with van der Waals surface area (Å²) in [5.74, 6) is 0.575. The summed E-state index contributed by atoms with van der Waals surface area (Å²) in [6.45, 7) is 4.09. The maximum Gasteiger partial charge on any atom is 0.258 e. The second kappa shape index (κ2) is 9.36. The number of aromatic nitrogens is 2. The quantitative estimate of drug-likeness (QED) is 0.486. The van der Waals surface area contributed by atoms with Gasteiger partial charge in [0.05, 0.1) is 31.0 Å². The number of anilines is 1. The monoisotopic (exact) mass is 471 g/mol. The van der Waals surface area contributed by atoms with E-state index in [1.54, 1.807) is 59.7 Å². The molecule has 0 bridgehead atoms. The Labute approximate surface area is 196 Å². The molecule has 11 heteroatoms. The number of aliphatic imine (C=N–C) groups is 1. The average molecular weight is 472 g/mol. The molecule has 2 aliphatic rings. The lowest BCUT2D eigenvalue weighted by Crippen LogP contribution is -2.42. The lowest BCUT2D eigenvalue weighted by atomic mass is 10.1. The van der Waals surface area contributed by atoms with Crippen LogP contribution in [0.15, 0.2) is 53.1 Å². The SMILES string of the molecule is COc1ccc(Cl)cc1-c1nn(CC(O)C(C)C)cc1NC(=O)C1=C2N=CC=CN2NC1N. The van der Waals surface area contributed by atoms with E-state index in [4.69, 9.17) is 22.1 Å². The van der Waals surface area contributed by atoms with Crippen LogP contribution in [-0.4, -0.2) is 51.4 Å². The third-order valence-electron chi connectivity index (χ3n) is 5.39. The molecule has 0 fully saturated rings. The van der Waals surface area contributed by atoms with E-state index >= 15 is 0 Å². The van der Waals surface area contributed by atoms with E-state index in [1.807, 2.05) is 13.8 Å². The highest BCUT2D eigenvalue weighted by Gasteiger charge is 2.34. The molecule has 0 radical (unpaired) electrons. The van der Waals surface area contributed by atoms with Crippen LogP contribution in [0.5, 0.6) is 5.75 Å². The van der Waals surface area contributed by atoms with E-state index in [0.717, 1.165) is 0 Å². The van der Waals surface area contributed by atoms with Crippen LogP contribution in [0.1, 0.15) is 13.8 Å². The highest BCUT2D eigenvalue weighted by atomic mass is 35.5. The van der Waals surface area contributed by atoms with Gasteiger partial charge in [-0.05, 0) is 30.2 Å². The van der Waals surface area contributed by atoms with Crippen molar-refractivity contribution in [1.82, 2.24) is 20.2 Å². The van der Waals surface area contributed by atoms with Crippen LogP contribution in [0.4, 0.5) is 5.69 Å². The van der Waals surface area contributed by atoms with Crippen molar-refractivity contribution < 1.29 is 14.6 Å². The number of hydrogen-bond acceptors (Lipinski definition) is 8. The second-order valence-corrected chi connectivity index (χ2v) is 8.49. The van der Waals surface area contributed by atoms with Crippen molar-refractivity contribution in [2.45, 2.75) is 32.7 Å². The molecule has 2 aromatic rings. The van der Waals surface area contributed by atoms with Gasteiger partial charge in [-0.2, -0.15) is 5.10 Å². The predicted molar refractivity (Wildman–Crippen MR) is 126 cm³/mol. The summed E-state index contributed by atoms with van der Waals surface area (Å²) in [6.07, 6.45) is 5.37. The molecule has 0 aliphatic carbocycles. The first-order valence-corrected chi connectivity index (χ1v) is 10.8. The van der Waals surface area contributed by atoms with E-state index in [2.05, 4.69) is 20.8 Å². The Morgan fingerprint density at radius 2 is 2.21 bits per heavy atom. The number of fused-ring (bicyclic) bond motifs is 1. The molecule has 1 aromatic heterocycles. The Morgan fingerprint density at radius 1 is 1.42 bits per heavy atom. The molecule has 4 rings (SSSR count). The predicted octanol–water partition coefficient (Wildman–Crippen LogP) is 2.08. The molecule has 0 spiro atoms. The summed E-state index contributed by atoms with van der Waals surface area (Å²) in [5.41, 5.74) is 10.9. The number of benzene rings is 1. The van der Waals surface area contributed by atoms with E-state index < -0.39 is 18.2 Å².